The summed E-state index contributed by atoms with van der Waals surface area (Å²) in [5.74, 6) is 0.210. The molecule has 3 nitrogen and oxygen atoms in total. The van der Waals surface area contributed by atoms with E-state index in [0.29, 0.717) is 12.6 Å². The predicted octanol–water partition coefficient (Wildman–Crippen LogP) is 1.95. The van der Waals surface area contributed by atoms with Gasteiger partial charge in [0.25, 0.3) is 0 Å². The molecule has 0 unspecified atom stereocenters. The minimum atomic E-state index is -2.85. The van der Waals surface area contributed by atoms with Crippen molar-refractivity contribution in [2.75, 3.05) is 18.6 Å². The molecule has 1 N–H and O–H groups in total. The van der Waals surface area contributed by atoms with Crippen LogP contribution in [0.5, 0.6) is 0 Å². The molecule has 0 radical (unpaired) electrons. The van der Waals surface area contributed by atoms with E-state index < -0.39 is 9.84 Å². The summed E-state index contributed by atoms with van der Waals surface area (Å²) >= 11 is 0. The highest BCUT2D eigenvalue weighted by atomic mass is 32.2. The number of hydrogen-bond donors (Lipinski definition) is 1. The van der Waals surface area contributed by atoms with Gasteiger partial charge in [0.1, 0.15) is 9.84 Å². The van der Waals surface area contributed by atoms with E-state index in [1.807, 2.05) is 0 Å². The van der Waals surface area contributed by atoms with Crippen molar-refractivity contribution >= 4 is 9.84 Å². The van der Waals surface area contributed by atoms with Gasteiger partial charge in [-0.15, -0.1) is 0 Å². The van der Waals surface area contributed by atoms with Crippen LogP contribution < -0.4 is 5.32 Å². The van der Waals surface area contributed by atoms with Gasteiger partial charge in [-0.2, -0.15) is 0 Å². The Morgan fingerprint density at radius 2 is 1.83 bits per heavy atom. The van der Waals surface area contributed by atoms with E-state index in [1.165, 1.54) is 17.4 Å². The van der Waals surface area contributed by atoms with E-state index in [4.69, 9.17) is 0 Å². The summed E-state index contributed by atoms with van der Waals surface area (Å²) in [6.07, 6.45) is 3.31. The topological polar surface area (TPSA) is 46.2 Å². The SMILES string of the molecule is Cc1ccc(CC[C@@H](C)NCCS(C)(=O)=O)cc1. The van der Waals surface area contributed by atoms with Gasteiger partial charge in [0.2, 0.25) is 0 Å². The van der Waals surface area contributed by atoms with Gasteiger partial charge in [-0.3, -0.25) is 0 Å². The van der Waals surface area contributed by atoms with E-state index in [0.717, 1.165) is 12.8 Å². The van der Waals surface area contributed by atoms with Gasteiger partial charge in [-0.25, -0.2) is 8.42 Å². The first kappa shape index (κ1) is 15.2. The van der Waals surface area contributed by atoms with E-state index in [-0.39, 0.29) is 5.75 Å². The summed E-state index contributed by atoms with van der Waals surface area (Å²) in [7, 11) is -2.85. The van der Waals surface area contributed by atoms with Crippen LogP contribution in [-0.4, -0.2) is 33.0 Å². The largest absolute Gasteiger partial charge is 0.313 e. The van der Waals surface area contributed by atoms with Crippen LogP contribution in [0.1, 0.15) is 24.5 Å². The second-order valence-electron chi connectivity index (χ2n) is 5.01. The molecule has 0 saturated heterocycles. The Balaban J connectivity index is 2.24. The number of rotatable bonds is 7. The first-order valence-electron chi connectivity index (χ1n) is 6.33. The van der Waals surface area contributed by atoms with Gasteiger partial charge in [-0.05, 0) is 32.3 Å². The Hall–Kier alpha value is -0.870. The molecule has 1 aromatic rings. The van der Waals surface area contributed by atoms with Crippen molar-refractivity contribution in [2.45, 2.75) is 32.7 Å². The molecular formula is C14H23NO2S. The molecule has 0 heterocycles. The van der Waals surface area contributed by atoms with Crippen LogP contribution >= 0.6 is 0 Å². The normalized spacial score (nSPS) is 13.5. The molecule has 18 heavy (non-hydrogen) atoms. The van der Waals surface area contributed by atoms with Crippen LogP contribution in [0.15, 0.2) is 24.3 Å². The van der Waals surface area contributed by atoms with Crippen LogP contribution in [0, 0.1) is 6.92 Å². The zero-order chi connectivity index (χ0) is 13.6. The Bertz CT molecular complexity index is 451. The summed E-state index contributed by atoms with van der Waals surface area (Å²) in [6, 6.07) is 8.89. The number of benzene rings is 1. The minimum Gasteiger partial charge on any atom is -0.313 e. The highest BCUT2D eigenvalue weighted by Crippen LogP contribution is 2.07. The van der Waals surface area contributed by atoms with E-state index in [2.05, 4.69) is 43.4 Å². The Labute approximate surface area is 111 Å². The number of hydrogen-bond acceptors (Lipinski definition) is 3. The maximum Gasteiger partial charge on any atom is 0.148 e. The van der Waals surface area contributed by atoms with Gasteiger partial charge >= 0.3 is 0 Å². The summed E-state index contributed by atoms with van der Waals surface area (Å²) in [6.45, 7) is 4.71. The molecule has 1 aromatic carbocycles. The fourth-order valence-corrected chi connectivity index (χ4v) is 2.22. The molecule has 4 heteroatoms. The quantitative estimate of drug-likeness (QED) is 0.823. The van der Waals surface area contributed by atoms with Crippen molar-refractivity contribution in [3.05, 3.63) is 35.4 Å². The van der Waals surface area contributed by atoms with Crippen molar-refractivity contribution in [1.82, 2.24) is 5.32 Å². The predicted molar refractivity (Wildman–Crippen MR) is 76.7 cm³/mol. The standard InChI is InChI=1S/C14H23NO2S/c1-12-4-7-14(8-5-12)9-6-13(2)15-10-11-18(3,16)17/h4-5,7-8,13,15H,6,9-11H2,1-3H3/t13-/m1/s1. The molecule has 0 aliphatic heterocycles. The van der Waals surface area contributed by atoms with E-state index in [9.17, 15) is 8.42 Å². The van der Waals surface area contributed by atoms with Crippen LogP contribution in [0.2, 0.25) is 0 Å². The van der Waals surface area contributed by atoms with Gasteiger partial charge < -0.3 is 5.32 Å². The third kappa shape index (κ3) is 6.77. The second-order valence-corrected chi connectivity index (χ2v) is 7.27. The third-order valence-electron chi connectivity index (χ3n) is 2.95. The molecular weight excluding hydrogens is 246 g/mol. The Morgan fingerprint density at radius 3 is 2.39 bits per heavy atom. The lowest BCUT2D eigenvalue weighted by Gasteiger charge is -2.13. The van der Waals surface area contributed by atoms with Crippen molar-refractivity contribution in [3.63, 3.8) is 0 Å². The molecule has 0 amide bonds. The first-order valence-corrected chi connectivity index (χ1v) is 8.39. The number of aryl methyl sites for hydroxylation is 2. The van der Waals surface area contributed by atoms with Crippen molar-refractivity contribution in [2.24, 2.45) is 0 Å². The fourth-order valence-electron chi connectivity index (χ4n) is 1.73. The maximum atomic E-state index is 11.0. The van der Waals surface area contributed by atoms with Gasteiger partial charge in [-0.1, -0.05) is 29.8 Å². The number of sulfone groups is 1. The molecule has 0 aliphatic rings. The summed E-state index contributed by atoms with van der Waals surface area (Å²) < 4.78 is 22.0. The smallest absolute Gasteiger partial charge is 0.148 e. The van der Waals surface area contributed by atoms with Gasteiger partial charge in [0.05, 0.1) is 5.75 Å². The molecule has 1 rings (SSSR count). The van der Waals surface area contributed by atoms with Crippen LogP contribution in [0.4, 0.5) is 0 Å². The summed E-state index contributed by atoms with van der Waals surface area (Å²) in [5, 5.41) is 3.24. The van der Waals surface area contributed by atoms with Gasteiger partial charge in [0.15, 0.2) is 0 Å². The molecule has 0 spiro atoms. The molecule has 102 valence electrons. The fraction of sp³-hybridized carbons (Fsp3) is 0.571. The van der Waals surface area contributed by atoms with Crippen molar-refractivity contribution in [3.8, 4) is 0 Å². The molecule has 0 saturated carbocycles. The number of nitrogens with one attached hydrogen (secondary N) is 1. The molecule has 0 aromatic heterocycles. The zero-order valence-electron chi connectivity index (χ0n) is 11.4. The maximum absolute atomic E-state index is 11.0. The van der Waals surface area contributed by atoms with Crippen LogP contribution in [0.3, 0.4) is 0 Å². The van der Waals surface area contributed by atoms with E-state index in [1.54, 1.807) is 0 Å². The van der Waals surface area contributed by atoms with Crippen molar-refractivity contribution < 1.29 is 8.42 Å². The monoisotopic (exact) mass is 269 g/mol. The lowest BCUT2D eigenvalue weighted by molar-refractivity contribution is 0.527. The second kappa shape index (κ2) is 6.90. The van der Waals surface area contributed by atoms with Gasteiger partial charge in [0, 0.05) is 18.8 Å². The molecule has 0 fully saturated rings. The average Bonchev–Trinajstić information content (AvgIpc) is 2.26. The lowest BCUT2D eigenvalue weighted by atomic mass is 10.0. The first-order chi connectivity index (χ1) is 8.37. The van der Waals surface area contributed by atoms with Crippen molar-refractivity contribution in [1.29, 1.82) is 0 Å². The Morgan fingerprint density at radius 1 is 1.22 bits per heavy atom. The highest BCUT2D eigenvalue weighted by Gasteiger charge is 2.05. The molecule has 1 atom stereocenters. The minimum absolute atomic E-state index is 0.210. The van der Waals surface area contributed by atoms with Crippen LogP contribution in [0.25, 0.3) is 0 Å². The zero-order valence-corrected chi connectivity index (χ0v) is 12.3. The Kier molecular flexibility index (Phi) is 5.82. The third-order valence-corrected chi connectivity index (χ3v) is 3.90. The summed E-state index contributed by atoms with van der Waals surface area (Å²) in [4.78, 5) is 0. The van der Waals surface area contributed by atoms with Crippen LogP contribution in [-0.2, 0) is 16.3 Å². The lowest BCUT2D eigenvalue weighted by Crippen LogP contribution is -2.31. The summed E-state index contributed by atoms with van der Waals surface area (Å²) in [5.41, 5.74) is 2.61. The molecule has 0 aliphatic carbocycles. The highest BCUT2D eigenvalue weighted by molar-refractivity contribution is 7.90. The molecule has 0 bridgehead atoms. The van der Waals surface area contributed by atoms with E-state index >= 15 is 0 Å². The average molecular weight is 269 g/mol.